The van der Waals surface area contributed by atoms with E-state index in [2.05, 4.69) is 29.2 Å². The number of halogens is 3. The van der Waals surface area contributed by atoms with Crippen molar-refractivity contribution in [1.82, 2.24) is 9.80 Å². The van der Waals surface area contributed by atoms with Crippen molar-refractivity contribution in [3.8, 4) is 0 Å². The van der Waals surface area contributed by atoms with Crippen molar-refractivity contribution in [2.75, 3.05) is 31.1 Å². The molecule has 36 heavy (non-hydrogen) atoms. The average molecular weight is 494 g/mol. The average Bonchev–Trinajstić information content (AvgIpc) is 3.19. The van der Waals surface area contributed by atoms with E-state index >= 15 is 0 Å². The highest BCUT2D eigenvalue weighted by atomic mass is 19.4. The van der Waals surface area contributed by atoms with E-state index in [1.54, 1.807) is 0 Å². The molecule has 0 aliphatic carbocycles. The van der Waals surface area contributed by atoms with Crippen molar-refractivity contribution in [3.05, 3.63) is 102 Å². The molecule has 2 saturated heterocycles. The number of rotatable bonds is 5. The molecule has 186 valence electrons. The standard InChI is InChI=1S/C28H26F3N3O2/c29-28(30,31)22-12-7-13-23(18-22)34-25(35)19-24(27(34)36)32-14-16-33(17-15-32)26(20-8-3-1-4-9-20)21-10-5-2-6-11-21/h1-13,18,24,26H,14-17,19H2. The fourth-order valence-corrected chi connectivity index (χ4v) is 5.19. The summed E-state index contributed by atoms with van der Waals surface area (Å²) in [5.74, 6) is -0.936. The van der Waals surface area contributed by atoms with Gasteiger partial charge in [-0.3, -0.25) is 19.4 Å². The third-order valence-electron chi connectivity index (χ3n) is 6.94. The minimum atomic E-state index is -4.55. The van der Waals surface area contributed by atoms with Crippen LogP contribution in [-0.4, -0.2) is 53.8 Å². The molecule has 3 aromatic rings. The maximum absolute atomic E-state index is 13.2. The smallest absolute Gasteiger partial charge is 0.290 e. The summed E-state index contributed by atoms with van der Waals surface area (Å²) in [6.07, 6.45) is -4.58. The van der Waals surface area contributed by atoms with Crippen LogP contribution in [0.4, 0.5) is 18.9 Å². The molecule has 0 saturated carbocycles. The van der Waals surface area contributed by atoms with Crippen molar-refractivity contribution < 1.29 is 22.8 Å². The van der Waals surface area contributed by atoms with Gasteiger partial charge in [0.1, 0.15) is 0 Å². The number of hydrogen-bond acceptors (Lipinski definition) is 4. The topological polar surface area (TPSA) is 43.9 Å². The highest BCUT2D eigenvalue weighted by Gasteiger charge is 2.44. The highest BCUT2D eigenvalue weighted by molar-refractivity contribution is 6.22. The van der Waals surface area contributed by atoms with Crippen LogP contribution in [0.25, 0.3) is 0 Å². The van der Waals surface area contributed by atoms with Crippen LogP contribution in [-0.2, 0) is 15.8 Å². The molecule has 1 unspecified atom stereocenters. The lowest BCUT2D eigenvalue weighted by Crippen LogP contribution is -2.53. The van der Waals surface area contributed by atoms with Crippen LogP contribution < -0.4 is 4.90 Å². The third-order valence-corrected chi connectivity index (χ3v) is 6.94. The lowest BCUT2D eigenvalue weighted by molar-refractivity contribution is -0.137. The van der Waals surface area contributed by atoms with E-state index in [0.29, 0.717) is 26.2 Å². The zero-order valence-electron chi connectivity index (χ0n) is 19.6. The second kappa shape index (κ2) is 9.87. The van der Waals surface area contributed by atoms with Gasteiger partial charge in [-0.05, 0) is 29.3 Å². The maximum atomic E-state index is 13.2. The number of imide groups is 1. The Morgan fingerprint density at radius 3 is 1.89 bits per heavy atom. The highest BCUT2D eigenvalue weighted by Crippen LogP contribution is 2.34. The molecule has 0 N–H and O–H groups in total. The summed E-state index contributed by atoms with van der Waals surface area (Å²) in [4.78, 5) is 31.2. The molecule has 2 amide bonds. The summed E-state index contributed by atoms with van der Waals surface area (Å²) in [7, 11) is 0. The number of hydrogen-bond donors (Lipinski definition) is 0. The molecule has 1 atom stereocenters. The van der Waals surface area contributed by atoms with Gasteiger partial charge in [0.2, 0.25) is 5.91 Å². The van der Waals surface area contributed by atoms with Crippen LogP contribution in [0, 0.1) is 0 Å². The van der Waals surface area contributed by atoms with Crippen molar-refractivity contribution in [3.63, 3.8) is 0 Å². The molecule has 0 spiro atoms. The Hall–Kier alpha value is -3.49. The zero-order chi connectivity index (χ0) is 25.3. The monoisotopic (exact) mass is 493 g/mol. The second-order valence-corrected chi connectivity index (χ2v) is 9.13. The van der Waals surface area contributed by atoms with Crippen LogP contribution in [0.5, 0.6) is 0 Å². The lowest BCUT2D eigenvalue weighted by atomic mass is 9.96. The molecule has 5 rings (SSSR count). The number of nitrogens with zero attached hydrogens (tertiary/aromatic N) is 3. The quantitative estimate of drug-likeness (QED) is 0.482. The predicted molar refractivity (Wildman–Crippen MR) is 130 cm³/mol. The van der Waals surface area contributed by atoms with E-state index in [4.69, 9.17) is 0 Å². The van der Waals surface area contributed by atoms with E-state index in [9.17, 15) is 22.8 Å². The number of amides is 2. The fraction of sp³-hybridized carbons (Fsp3) is 0.286. The first-order chi connectivity index (χ1) is 17.3. The van der Waals surface area contributed by atoms with E-state index < -0.39 is 29.6 Å². The first-order valence-corrected chi connectivity index (χ1v) is 11.9. The summed E-state index contributed by atoms with van der Waals surface area (Å²) in [5, 5.41) is 0. The Kier molecular flexibility index (Phi) is 6.64. The molecular weight excluding hydrogens is 467 g/mol. The largest absolute Gasteiger partial charge is 0.416 e. The first-order valence-electron chi connectivity index (χ1n) is 11.9. The molecule has 3 aromatic carbocycles. The zero-order valence-corrected chi connectivity index (χ0v) is 19.6. The molecule has 8 heteroatoms. The van der Waals surface area contributed by atoms with E-state index in [1.165, 1.54) is 23.3 Å². The van der Waals surface area contributed by atoms with Crippen molar-refractivity contribution in [1.29, 1.82) is 0 Å². The Bertz CT molecular complexity index is 1190. The summed E-state index contributed by atoms with van der Waals surface area (Å²) < 4.78 is 39.5. The fourth-order valence-electron chi connectivity index (χ4n) is 5.19. The molecule has 0 radical (unpaired) electrons. The van der Waals surface area contributed by atoms with Crippen LogP contribution in [0.15, 0.2) is 84.9 Å². The minimum absolute atomic E-state index is 0.0319. The Balaban J connectivity index is 1.31. The number of piperazine rings is 1. The van der Waals surface area contributed by atoms with E-state index in [1.807, 2.05) is 41.3 Å². The lowest BCUT2D eigenvalue weighted by Gasteiger charge is -2.41. The number of benzene rings is 3. The van der Waals surface area contributed by atoms with Crippen LogP contribution in [0.2, 0.25) is 0 Å². The Morgan fingerprint density at radius 1 is 0.750 bits per heavy atom. The summed E-state index contributed by atoms with van der Waals surface area (Å²) >= 11 is 0. The summed E-state index contributed by atoms with van der Waals surface area (Å²) in [6, 6.07) is 24.3. The molecule has 2 fully saturated rings. The van der Waals surface area contributed by atoms with Gasteiger partial charge in [0.25, 0.3) is 5.91 Å². The molecule has 0 bridgehead atoms. The van der Waals surface area contributed by atoms with Crippen LogP contribution in [0.3, 0.4) is 0 Å². The van der Waals surface area contributed by atoms with Gasteiger partial charge in [0.05, 0.1) is 29.8 Å². The predicted octanol–water partition coefficient (Wildman–Crippen LogP) is 4.74. The molecule has 2 aliphatic heterocycles. The van der Waals surface area contributed by atoms with Crippen LogP contribution >= 0.6 is 0 Å². The van der Waals surface area contributed by atoms with Gasteiger partial charge in [0.15, 0.2) is 0 Å². The number of carbonyl (C=O) groups excluding carboxylic acids is 2. The second-order valence-electron chi connectivity index (χ2n) is 9.13. The number of carbonyl (C=O) groups is 2. The van der Waals surface area contributed by atoms with Gasteiger partial charge in [-0.25, -0.2) is 4.90 Å². The van der Waals surface area contributed by atoms with Crippen LogP contribution in [0.1, 0.15) is 29.2 Å². The maximum Gasteiger partial charge on any atom is 0.416 e. The number of anilines is 1. The van der Waals surface area contributed by atoms with E-state index in [0.717, 1.165) is 17.0 Å². The normalized spacial score (nSPS) is 19.9. The van der Waals surface area contributed by atoms with Gasteiger partial charge in [-0.1, -0.05) is 66.7 Å². The van der Waals surface area contributed by atoms with Gasteiger partial charge < -0.3 is 0 Å². The van der Waals surface area contributed by atoms with Gasteiger partial charge in [0, 0.05) is 26.2 Å². The molecule has 0 aromatic heterocycles. The van der Waals surface area contributed by atoms with Gasteiger partial charge >= 0.3 is 6.18 Å². The van der Waals surface area contributed by atoms with Gasteiger partial charge in [-0.2, -0.15) is 13.2 Å². The summed E-state index contributed by atoms with van der Waals surface area (Å²) in [6.45, 7) is 2.54. The summed E-state index contributed by atoms with van der Waals surface area (Å²) in [5.41, 5.74) is 1.44. The Labute approximate surface area is 207 Å². The van der Waals surface area contributed by atoms with E-state index in [-0.39, 0.29) is 18.2 Å². The molecule has 5 nitrogen and oxygen atoms in total. The molecular formula is C28H26F3N3O2. The first kappa shape index (κ1) is 24.2. The minimum Gasteiger partial charge on any atom is -0.290 e. The SMILES string of the molecule is O=C1CC(N2CCN(C(c3ccccc3)c3ccccc3)CC2)C(=O)N1c1cccc(C(F)(F)F)c1. The molecule has 2 heterocycles. The Morgan fingerprint density at radius 2 is 1.33 bits per heavy atom. The van der Waals surface area contributed by atoms with Crippen molar-refractivity contribution in [2.45, 2.75) is 24.7 Å². The third kappa shape index (κ3) is 4.79. The van der Waals surface area contributed by atoms with Crippen molar-refractivity contribution in [2.24, 2.45) is 0 Å². The molecule has 2 aliphatic rings. The number of alkyl halides is 3. The van der Waals surface area contributed by atoms with Gasteiger partial charge in [-0.15, -0.1) is 0 Å². The van der Waals surface area contributed by atoms with Crippen molar-refractivity contribution >= 4 is 17.5 Å².